The van der Waals surface area contributed by atoms with E-state index >= 15 is 0 Å². The number of H-pyrrole nitrogens is 1. The van der Waals surface area contributed by atoms with Crippen molar-refractivity contribution < 1.29 is 9.90 Å². The molecule has 0 aliphatic rings. The molecule has 0 spiro atoms. The molecule has 0 radical (unpaired) electrons. The maximum absolute atomic E-state index is 12.1. The van der Waals surface area contributed by atoms with Crippen LogP contribution in [0.3, 0.4) is 0 Å². The Balaban J connectivity index is 2.41. The predicted octanol–water partition coefficient (Wildman–Crippen LogP) is 0.0396. The van der Waals surface area contributed by atoms with Crippen LogP contribution in [-0.2, 0) is 18.3 Å². The quantitative estimate of drug-likeness (QED) is 0.709. The molecule has 8 heteroatoms. The number of rotatable bonds is 3. The van der Waals surface area contributed by atoms with E-state index in [9.17, 15) is 14.4 Å². The molecule has 3 aromatic rings. The number of aromatic amines is 1. The van der Waals surface area contributed by atoms with Gasteiger partial charge < -0.3 is 9.67 Å². The molecule has 3 rings (SSSR count). The Morgan fingerprint density at radius 2 is 1.95 bits per heavy atom. The van der Waals surface area contributed by atoms with Crippen LogP contribution in [0.1, 0.15) is 5.82 Å². The van der Waals surface area contributed by atoms with E-state index in [1.807, 2.05) is 0 Å². The number of carboxylic acids is 1. The molecule has 0 saturated heterocycles. The Hall–Kier alpha value is -3.16. The summed E-state index contributed by atoms with van der Waals surface area (Å²) in [5, 5.41) is 8.92. The third kappa shape index (κ3) is 2.10. The van der Waals surface area contributed by atoms with E-state index in [1.165, 1.54) is 9.13 Å². The zero-order valence-corrected chi connectivity index (χ0v) is 11.6. The van der Waals surface area contributed by atoms with Crippen LogP contribution in [0.25, 0.3) is 16.9 Å². The van der Waals surface area contributed by atoms with Gasteiger partial charge in [0.05, 0.1) is 5.69 Å². The van der Waals surface area contributed by atoms with E-state index in [1.54, 1.807) is 37.4 Å². The molecule has 0 saturated carbocycles. The molecular formula is C14H12N4O4. The monoisotopic (exact) mass is 300 g/mol. The zero-order chi connectivity index (χ0) is 15.9. The fourth-order valence-electron chi connectivity index (χ4n) is 2.36. The van der Waals surface area contributed by atoms with E-state index in [4.69, 9.17) is 5.11 Å². The number of carbonyl (C=O) groups is 1. The first-order valence-electron chi connectivity index (χ1n) is 6.47. The van der Waals surface area contributed by atoms with Crippen LogP contribution in [0.2, 0.25) is 0 Å². The van der Waals surface area contributed by atoms with Gasteiger partial charge in [-0.2, -0.15) is 0 Å². The number of aromatic nitrogens is 4. The molecule has 0 fully saturated rings. The molecule has 2 aromatic heterocycles. The van der Waals surface area contributed by atoms with Gasteiger partial charge in [0.25, 0.3) is 5.56 Å². The third-order valence-electron chi connectivity index (χ3n) is 3.34. The van der Waals surface area contributed by atoms with Crippen LogP contribution < -0.4 is 11.2 Å². The Labute approximate surface area is 123 Å². The van der Waals surface area contributed by atoms with Crippen LogP contribution >= 0.6 is 0 Å². The minimum absolute atomic E-state index is 0.138. The normalized spacial score (nSPS) is 11.0. The van der Waals surface area contributed by atoms with Crippen LogP contribution in [-0.4, -0.2) is 30.2 Å². The lowest BCUT2D eigenvalue weighted by atomic mass is 10.3. The van der Waals surface area contributed by atoms with Gasteiger partial charge in [0.15, 0.2) is 11.2 Å². The second kappa shape index (κ2) is 4.99. The van der Waals surface area contributed by atoms with Crippen LogP contribution in [0.15, 0.2) is 39.9 Å². The van der Waals surface area contributed by atoms with E-state index in [2.05, 4.69) is 9.97 Å². The summed E-state index contributed by atoms with van der Waals surface area (Å²) in [5.74, 6) is -0.869. The van der Waals surface area contributed by atoms with Crippen molar-refractivity contribution >= 4 is 17.1 Å². The molecule has 2 heterocycles. The molecule has 0 aliphatic carbocycles. The minimum atomic E-state index is -1.07. The van der Waals surface area contributed by atoms with E-state index in [-0.39, 0.29) is 23.4 Å². The standard InChI is InChI=1S/C14H12N4O4/c1-17-9(7-10(19)20)15-12-11(17)13(21)16-14(22)18(12)8-5-3-2-4-6-8/h2-6H,7H2,1H3,(H,19,20)(H,16,21,22). The molecule has 0 bridgehead atoms. The van der Waals surface area contributed by atoms with Crippen LogP contribution in [0, 0.1) is 0 Å². The van der Waals surface area contributed by atoms with Crippen LogP contribution in [0.4, 0.5) is 0 Å². The first-order chi connectivity index (χ1) is 10.5. The molecule has 2 N–H and O–H groups in total. The summed E-state index contributed by atoms with van der Waals surface area (Å²) >= 11 is 0. The topological polar surface area (TPSA) is 110 Å². The summed E-state index contributed by atoms with van der Waals surface area (Å²) in [6.07, 6.45) is -0.340. The fourth-order valence-corrected chi connectivity index (χ4v) is 2.36. The molecule has 22 heavy (non-hydrogen) atoms. The predicted molar refractivity (Wildman–Crippen MR) is 78.3 cm³/mol. The van der Waals surface area contributed by atoms with Crippen molar-refractivity contribution in [1.29, 1.82) is 0 Å². The first-order valence-corrected chi connectivity index (χ1v) is 6.47. The largest absolute Gasteiger partial charge is 0.481 e. The number of fused-ring (bicyclic) bond motifs is 1. The number of benzene rings is 1. The number of hydrogen-bond acceptors (Lipinski definition) is 4. The summed E-state index contributed by atoms with van der Waals surface area (Å²) in [4.78, 5) is 41.5. The van der Waals surface area contributed by atoms with Gasteiger partial charge in [0.1, 0.15) is 12.2 Å². The highest BCUT2D eigenvalue weighted by atomic mass is 16.4. The second-order valence-corrected chi connectivity index (χ2v) is 4.76. The van der Waals surface area contributed by atoms with E-state index in [0.29, 0.717) is 5.69 Å². The lowest BCUT2D eigenvalue weighted by Gasteiger charge is -2.05. The van der Waals surface area contributed by atoms with Crippen molar-refractivity contribution in [3.8, 4) is 5.69 Å². The van der Waals surface area contributed by atoms with Gasteiger partial charge in [-0.25, -0.2) is 14.3 Å². The lowest BCUT2D eigenvalue weighted by molar-refractivity contribution is -0.136. The van der Waals surface area contributed by atoms with Crippen LogP contribution in [0.5, 0.6) is 0 Å². The Morgan fingerprint density at radius 3 is 2.59 bits per heavy atom. The number of nitrogens with one attached hydrogen (secondary N) is 1. The Morgan fingerprint density at radius 1 is 1.27 bits per heavy atom. The smallest absolute Gasteiger partial charge is 0.334 e. The van der Waals surface area contributed by atoms with Gasteiger partial charge >= 0.3 is 11.7 Å². The molecule has 0 unspecified atom stereocenters. The summed E-state index contributed by atoms with van der Waals surface area (Å²) in [7, 11) is 1.54. The summed E-state index contributed by atoms with van der Waals surface area (Å²) in [6, 6.07) is 8.70. The minimum Gasteiger partial charge on any atom is -0.481 e. The first kappa shape index (κ1) is 13.8. The van der Waals surface area contributed by atoms with Crippen molar-refractivity contribution in [1.82, 2.24) is 19.1 Å². The van der Waals surface area contributed by atoms with Crippen molar-refractivity contribution in [2.24, 2.45) is 7.05 Å². The third-order valence-corrected chi connectivity index (χ3v) is 3.34. The maximum atomic E-state index is 12.1. The number of imidazole rings is 1. The SMILES string of the molecule is Cn1c(CC(=O)O)nc2c1c(=O)[nH]c(=O)n2-c1ccccc1. The summed E-state index contributed by atoms with van der Waals surface area (Å²) < 4.78 is 2.64. The van der Waals surface area contributed by atoms with Gasteiger partial charge in [-0.1, -0.05) is 18.2 Å². The molecule has 8 nitrogen and oxygen atoms in total. The number of aryl methyl sites for hydroxylation is 1. The number of para-hydroxylation sites is 1. The van der Waals surface area contributed by atoms with Crippen molar-refractivity contribution in [3.63, 3.8) is 0 Å². The van der Waals surface area contributed by atoms with Gasteiger partial charge in [-0.3, -0.25) is 14.6 Å². The Kier molecular flexibility index (Phi) is 3.13. The number of hydrogen-bond donors (Lipinski definition) is 2. The van der Waals surface area contributed by atoms with Crippen molar-refractivity contribution in [2.75, 3.05) is 0 Å². The summed E-state index contributed by atoms with van der Waals surface area (Å²) in [6.45, 7) is 0. The van der Waals surface area contributed by atoms with Gasteiger partial charge in [0.2, 0.25) is 0 Å². The fraction of sp³-hybridized carbons (Fsp3) is 0.143. The van der Waals surface area contributed by atoms with Gasteiger partial charge in [0, 0.05) is 7.05 Å². The molecule has 0 amide bonds. The highest BCUT2D eigenvalue weighted by molar-refractivity contribution is 5.75. The second-order valence-electron chi connectivity index (χ2n) is 4.76. The molecule has 1 aromatic carbocycles. The molecular weight excluding hydrogens is 288 g/mol. The average Bonchev–Trinajstić information content (AvgIpc) is 2.76. The van der Waals surface area contributed by atoms with Crippen molar-refractivity contribution in [2.45, 2.75) is 6.42 Å². The van der Waals surface area contributed by atoms with Crippen molar-refractivity contribution in [3.05, 3.63) is 57.0 Å². The number of carboxylic acid groups (broad SMARTS) is 1. The van der Waals surface area contributed by atoms with E-state index < -0.39 is 17.2 Å². The summed E-state index contributed by atoms with van der Waals surface area (Å²) in [5.41, 5.74) is -0.394. The Bertz CT molecular complexity index is 982. The van der Waals surface area contributed by atoms with Gasteiger partial charge in [-0.05, 0) is 12.1 Å². The number of aliphatic carboxylic acids is 1. The highest BCUT2D eigenvalue weighted by Crippen LogP contribution is 2.14. The molecule has 112 valence electrons. The van der Waals surface area contributed by atoms with Gasteiger partial charge in [-0.15, -0.1) is 0 Å². The number of nitrogens with zero attached hydrogens (tertiary/aromatic N) is 3. The molecule has 0 atom stereocenters. The average molecular weight is 300 g/mol. The zero-order valence-electron chi connectivity index (χ0n) is 11.6. The maximum Gasteiger partial charge on any atom is 0.334 e. The molecule has 0 aliphatic heterocycles. The highest BCUT2D eigenvalue weighted by Gasteiger charge is 2.18. The lowest BCUT2D eigenvalue weighted by Crippen LogP contribution is -2.29. The van der Waals surface area contributed by atoms with E-state index in [0.717, 1.165) is 0 Å².